The van der Waals surface area contributed by atoms with Gasteiger partial charge in [-0.15, -0.1) is 0 Å². The lowest BCUT2D eigenvalue weighted by Gasteiger charge is -2.34. The van der Waals surface area contributed by atoms with E-state index < -0.39 is 5.41 Å². The van der Waals surface area contributed by atoms with E-state index in [0.717, 1.165) is 11.4 Å². The zero-order valence-electron chi connectivity index (χ0n) is 25.3. The zero-order chi connectivity index (χ0) is 30.2. The third-order valence-corrected chi connectivity index (χ3v) is 9.41. The zero-order valence-corrected chi connectivity index (χ0v) is 25.3. The van der Waals surface area contributed by atoms with Gasteiger partial charge in [-0.1, -0.05) is 158 Å². The fourth-order valence-electron chi connectivity index (χ4n) is 7.15. The van der Waals surface area contributed by atoms with Gasteiger partial charge in [0.2, 0.25) is 0 Å². The van der Waals surface area contributed by atoms with Gasteiger partial charge in [-0.2, -0.15) is 0 Å². The highest BCUT2D eigenvalue weighted by Gasteiger charge is 2.46. The van der Waals surface area contributed by atoms with Crippen LogP contribution in [-0.2, 0) is 5.41 Å². The molecule has 1 heteroatoms. The van der Waals surface area contributed by atoms with Gasteiger partial charge in [-0.25, -0.2) is 0 Å². The molecule has 1 atom stereocenters. The maximum atomic E-state index is 2.42. The molecule has 0 fully saturated rings. The fourth-order valence-corrected chi connectivity index (χ4v) is 7.15. The highest BCUT2D eigenvalue weighted by molar-refractivity contribution is 5.88. The first kappa shape index (κ1) is 26.9. The standard InChI is InChI=1S/C44H33N/c1-45(38-27-23-35(24-28-38)33-15-7-3-8-16-33)39-29-30-41-40-19-11-12-20-42(40)44(43(41)31-39,36-17-9-4-10-18-36)37-25-21-34(22-26-37)32-13-5-2-6-14-32/h2-31H,1H3. The summed E-state index contributed by atoms with van der Waals surface area (Å²) < 4.78 is 0. The van der Waals surface area contributed by atoms with Gasteiger partial charge in [0.25, 0.3) is 0 Å². The number of fused-ring (bicyclic) bond motifs is 3. The summed E-state index contributed by atoms with van der Waals surface area (Å²) in [6.07, 6.45) is 0. The second-order valence-corrected chi connectivity index (χ2v) is 11.8. The van der Waals surface area contributed by atoms with Gasteiger partial charge >= 0.3 is 0 Å². The van der Waals surface area contributed by atoms with Crippen LogP contribution in [0.3, 0.4) is 0 Å². The Balaban J connectivity index is 1.28. The van der Waals surface area contributed by atoms with E-state index in [1.54, 1.807) is 0 Å². The highest BCUT2D eigenvalue weighted by Crippen LogP contribution is 2.57. The van der Waals surface area contributed by atoms with Crippen molar-refractivity contribution < 1.29 is 0 Å². The van der Waals surface area contributed by atoms with Gasteiger partial charge in [0.05, 0.1) is 5.41 Å². The molecule has 0 saturated carbocycles. The molecule has 7 aromatic rings. The van der Waals surface area contributed by atoms with Crippen molar-refractivity contribution in [2.24, 2.45) is 0 Å². The van der Waals surface area contributed by atoms with Gasteiger partial charge in [0.1, 0.15) is 0 Å². The van der Waals surface area contributed by atoms with E-state index in [4.69, 9.17) is 0 Å². The molecule has 0 spiro atoms. The maximum absolute atomic E-state index is 2.42. The van der Waals surface area contributed by atoms with Crippen LogP contribution < -0.4 is 4.90 Å². The van der Waals surface area contributed by atoms with E-state index in [1.165, 1.54) is 55.6 Å². The fraction of sp³-hybridized carbons (Fsp3) is 0.0455. The van der Waals surface area contributed by atoms with Crippen molar-refractivity contribution in [3.05, 3.63) is 204 Å². The number of hydrogen-bond acceptors (Lipinski definition) is 1. The Kier molecular flexibility index (Phi) is 6.65. The summed E-state index contributed by atoms with van der Waals surface area (Å²) in [4.78, 5) is 2.30. The summed E-state index contributed by atoms with van der Waals surface area (Å²) in [6.45, 7) is 0. The van der Waals surface area contributed by atoms with Crippen molar-refractivity contribution in [2.45, 2.75) is 5.41 Å². The van der Waals surface area contributed by atoms with Crippen molar-refractivity contribution in [3.63, 3.8) is 0 Å². The molecule has 0 N–H and O–H groups in total. The van der Waals surface area contributed by atoms with Gasteiger partial charge in [0, 0.05) is 18.4 Å². The first-order valence-corrected chi connectivity index (χ1v) is 15.6. The van der Waals surface area contributed by atoms with Gasteiger partial charge in [0.15, 0.2) is 0 Å². The topological polar surface area (TPSA) is 3.24 Å². The molecule has 45 heavy (non-hydrogen) atoms. The van der Waals surface area contributed by atoms with Crippen LogP contribution in [0.4, 0.5) is 11.4 Å². The Labute approximate surface area is 265 Å². The molecule has 1 aliphatic carbocycles. The van der Waals surface area contributed by atoms with Gasteiger partial charge < -0.3 is 4.90 Å². The lowest BCUT2D eigenvalue weighted by molar-refractivity contribution is 0.768. The Morgan fingerprint density at radius 2 is 0.800 bits per heavy atom. The monoisotopic (exact) mass is 575 g/mol. The maximum Gasteiger partial charge on any atom is 0.0714 e. The van der Waals surface area contributed by atoms with E-state index >= 15 is 0 Å². The van der Waals surface area contributed by atoms with E-state index in [9.17, 15) is 0 Å². The second kappa shape index (κ2) is 11.1. The number of benzene rings is 7. The van der Waals surface area contributed by atoms with Crippen LogP contribution in [0.25, 0.3) is 33.4 Å². The molecule has 0 heterocycles. The molecule has 214 valence electrons. The number of rotatable bonds is 6. The van der Waals surface area contributed by atoms with Crippen LogP contribution >= 0.6 is 0 Å². The molecule has 0 radical (unpaired) electrons. The minimum Gasteiger partial charge on any atom is -0.345 e. The molecule has 8 rings (SSSR count). The van der Waals surface area contributed by atoms with Crippen LogP contribution in [0.2, 0.25) is 0 Å². The van der Waals surface area contributed by atoms with Crippen LogP contribution in [0.1, 0.15) is 22.3 Å². The molecule has 7 aromatic carbocycles. The normalized spacial score (nSPS) is 14.9. The molecule has 0 bridgehead atoms. The molecule has 0 saturated heterocycles. The lowest BCUT2D eigenvalue weighted by Crippen LogP contribution is -2.28. The molecule has 1 nitrogen and oxygen atoms in total. The summed E-state index contributed by atoms with van der Waals surface area (Å²) in [6, 6.07) is 66.2. The first-order chi connectivity index (χ1) is 22.2. The van der Waals surface area contributed by atoms with E-state index in [2.05, 4.69) is 194 Å². The molecule has 1 aliphatic rings. The molecule has 0 aromatic heterocycles. The van der Waals surface area contributed by atoms with Gasteiger partial charge in [-0.3, -0.25) is 0 Å². The Morgan fingerprint density at radius 1 is 0.356 bits per heavy atom. The lowest BCUT2D eigenvalue weighted by atomic mass is 9.67. The summed E-state index contributed by atoms with van der Waals surface area (Å²) >= 11 is 0. The number of nitrogens with zero attached hydrogens (tertiary/aromatic N) is 1. The Bertz CT molecular complexity index is 2080. The van der Waals surface area contributed by atoms with Gasteiger partial charge in [-0.05, 0) is 79.9 Å². The third-order valence-electron chi connectivity index (χ3n) is 9.41. The smallest absolute Gasteiger partial charge is 0.0714 e. The minimum atomic E-state index is -0.448. The summed E-state index contributed by atoms with van der Waals surface area (Å²) in [7, 11) is 2.17. The van der Waals surface area contributed by atoms with Crippen LogP contribution in [0.5, 0.6) is 0 Å². The van der Waals surface area contributed by atoms with E-state index in [-0.39, 0.29) is 0 Å². The van der Waals surface area contributed by atoms with Crippen molar-refractivity contribution >= 4 is 11.4 Å². The molecule has 0 aliphatic heterocycles. The SMILES string of the molecule is CN(c1ccc(-c2ccccc2)cc1)c1ccc2c(c1)C(c1ccccc1)(c1ccc(-c3ccccc3)cc1)c1ccccc1-2. The summed E-state index contributed by atoms with van der Waals surface area (Å²) in [5.41, 5.74) is 14.5. The second-order valence-electron chi connectivity index (χ2n) is 11.8. The Hall–Kier alpha value is -5.66. The molecule has 0 amide bonds. The summed E-state index contributed by atoms with van der Waals surface area (Å²) in [5, 5.41) is 0. The van der Waals surface area contributed by atoms with Crippen LogP contribution in [-0.4, -0.2) is 7.05 Å². The third kappa shape index (κ3) is 4.48. The van der Waals surface area contributed by atoms with E-state index in [0.29, 0.717) is 0 Å². The van der Waals surface area contributed by atoms with Crippen molar-refractivity contribution in [2.75, 3.05) is 11.9 Å². The molecular weight excluding hydrogens is 542 g/mol. The number of anilines is 2. The predicted molar refractivity (Wildman–Crippen MR) is 189 cm³/mol. The summed E-state index contributed by atoms with van der Waals surface area (Å²) in [5.74, 6) is 0. The van der Waals surface area contributed by atoms with Crippen molar-refractivity contribution in [3.8, 4) is 33.4 Å². The average molecular weight is 576 g/mol. The van der Waals surface area contributed by atoms with Crippen molar-refractivity contribution in [1.82, 2.24) is 0 Å². The Morgan fingerprint density at radius 3 is 1.42 bits per heavy atom. The quantitative estimate of drug-likeness (QED) is 0.191. The number of hydrogen-bond donors (Lipinski definition) is 0. The molecular formula is C44H33N. The van der Waals surface area contributed by atoms with Crippen LogP contribution in [0.15, 0.2) is 182 Å². The van der Waals surface area contributed by atoms with Crippen molar-refractivity contribution in [1.29, 1.82) is 0 Å². The highest BCUT2D eigenvalue weighted by atomic mass is 15.1. The van der Waals surface area contributed by atoms with E-state index in [1.807, 2.05) is 0 Å². The minimum absolute atomic E-state index is 0.448. The largest absolute Gasteiger partial charge is 0.345 e. The average Bonchev–Trinajstić information content (AvgIpc) is 3.43. The van der Waals surface area contributed by atoms with Crippen LogP contribution in [0, 0.1) is 0 Å². The molecule has 1 unspecified atom stereocenters. The first-order valence-electron chi connectivity index (χ1n) is 15.6. The predicted octanol–water partition coefficient (Wildman–Crippen LogP) is 11.2.